The Morgan fingerprint density at radius 2 is 2.24 bits per heavy atom. The van der Waals surface area contributed by atoms with Gasteiger partial charge in [-0.15, -0.1) is 6.58 Å². The van der Waals surface area contributed by atoms with Crippen molar-refractivity contribution >= 4 is 11.8 Å². The van der Waals surface area contributed by atoms with E-state index in [1.807, 2.05) is 12.1 Å². The summed E-state index contributed by atoms with van der Waals surface area (Å²) in [5.74, 6) is -0.626. The number of carbonyl (C=O) groups is 2. The van der Waals surface area contributed by atoms with Gasteiger partial charge in [0.2, 0.25) is 0 Å². The van der Waals surface area contributed by atoms with Crippen LogP contribution in [0.5, 0.6) is 0 Å². The molecule has 0 radical (unpaired) electrons. The van der Waals surface area contributed by atoms with Gasteiger partial charge in [-0.2, -0.15) is 0 Å². The van der Waals surface area contributed by atoms with Crippen LogP contribution in [-0.4, -0.2) is 18.9 Å². The van der Waals surface area contributed by atoms with Gasteiger partial charge in [0, 0.05) is 5.56 Å². The van der Waals surface area contributed by atoms with Gasteiger partial charge >= 0.3 is 5.97 Å². The van der Waals surface area contributed by atoms with Gasteiger partial charge in [0.25, 0.3) is 0 Å². The Morgan fingerprint density at radius 3 is 2.82 bits per heavy atom. The Balaban J connectivity index is 2.50. The predicted octanol–water partition coefficient (Wildman–Crippen LogP) is 2.16. The SMILES string of the molecule is C=CC[C@]1(C(=O)OC)Cc2ccccc2C1=O. The van der Waals surface area contributed by atoms with Crippen molar-refractivity contribution in [3.05, 3.63) is 48.0 Å². The minimum Gasteiger partial charge on any atom is -0.468 e. The Bertz CT molecular complexity index is 490. The zero-order chi connectivity index (χ0) is 12.5. The number of benzene rings is 1. The van der Waals surface area contributed by atoms with Crippen LogP contribution in [0.4, 0.5) is 0 Å². The molecular weight excluding hydrogens is 216 g/mol. The van der Waals surface area contributed by atoms with Gasteiger partial charge in [-0.25, -0.2) is 0 Å². The molecule has 0 aliphatic heterocycles. The van der Waals surface area contributed by atoms with Crippen molar-refractivity contribution in [2.24, 2.45) is 5.41 Å². The smallest absolute Gasteiger partial charge is 0.320 e. The summed E-state index contributed by atoms with van der Waals surface area (Å²) in [6, 6.07) is 7.30. The van der Waals surface area contributed by atoms with E-state index in [1.165, 1.54) is 7.11 Å². The second kappa shape index (κ2) is 4.17. The Hall–Kier alpha value is -1.90. The molecule has 0 saturated heterocycles. The lowest BCUT2D eigenvalue weighted by Crippen LogP contribution is -2.37. The molecule has 1 atom stereocenters. The first-order valence-corrected chi connectivity index (χ1v) is 5.48. The monoisotopic (exact) mass is 230 g/mol. The van der Waals surface area contributed by atoms with E-state index < -0.39 is 11.4 Å². The van der Waals surface area contributed by atoms with Crippen LogP contribution in [-0.2, 0) is 16.0 Å². The summed E-state index contributed by atoms with van der Waals surface area (Å²) in [6.07, 6.45) is 2.31. The van der Waals surface area contributed by atoms with Gasteiger partial charge in [0.05, 0.1) is 7.11 Å². The Labute approximate surface area is 100 Å². The maximum atomic E-state index is 12.4. The number of Topliss-reactive ketones (excluding diaryl/α,β-unsaturated/α-hetero) is 1. The number of carbonyl (C=O) groups excluding carboxylic acids is 2. The molecule has 0 aromatic heterocycles. The Kier molecular flexibility index (Phi) is 2.84. The number of allylic oxidation sites excluding steroid dienone is 1. The summed E-state index contributed by atoms with van der Waals surface area (Å²) in [5.41, 5.74) is 0.435. The van der Waals surface area contributed by atoms with Gasteiger partial charge in [0.1, 0.15) is 5.41 Å². The summed E-state index contributed by atoms with van der Waals surface area (Å²) >= 11 is 0. The number of methoxy groups -OCH3 is 1. The van der Waals surface area contributed by atoms with Crippen molar-refractivity contribution in [1.82, 2.24) is 0 Å². The third kappa shape index (κ3) is 1.58. The molecule has 0 heterocycles. The standard InChI is InChI=1S/C14H14O3/c1-3-8-14(13(16)17-2)9-10-6-4-5-7-11(10)12(14)15/h3-7H,1,8-9H2,2H3/t14-/m0/s1. The Morgan fingerprint density at radius 1 is 1.53 bits per heavy atom. The molecular formula is C14H14O3. The van der Waals surface area contributed by atoms with Gasteiger partial charge in [-0.05, 0) is 18.4 Å². The summed E-state index contributed by atoms with van der Waals surface area (Å²) in [7, 11) is 1.31. The quantitative estimate of drug-likeness (QED) is 0.454. The van der Waals surface area contributed by atoms with Crippen molar-refractivity contribution < 1.29 is 14.3 Å². The second-order valence-electron chi connectivity index (χ2n) is 4.23. The summed E-state index contributed by atoms with van der Waals surface area (Å²) in [6.45, 7) is 3.62. The highest BCUT2D eigenvalue weighted by Crippen LogP contribution is 2.40. The third-order valence-electron chi connectivity index (χ3n) is 3.26. The maximum absolute atomic E-state index is 12.4. The zero-order valence-electron chi connectivity index (χ0n) is 9.73. The van der Waals surface area contributed by atoms with Crippen LogP contribution in [0.2, 0.25) is 0 Å². The summed E-state index contributed by atoms with van der Waals surface area (Å²) in [4.78, 5) is 24.3. The molecule has 0 fully saturated rings. The van der Waals surface area contributed by atoms with Crippen LogP contribution < -0.4 is 0 Å². The van der Waals surface area contributed by atoms with E-state index in [4.69, 9.17) is 4.74 Å². The summed E-state index contributed by atoms with van der Waals surface area (Å²) in [5, 5.41) is 0. The van der Waals surface area contributed by atoms with Crippen molar-refractivity contribution in [3.63, 3.8) is 0 Å². The van der Waals surface area contributed by atoms with E-state index in [2.05, 4.69) is 6.58 Å². The first kappa shape index (κ1) is 11.6. The molecule has 3 heteroatoms. The third-order valence-corrected chi connectivity index (χ3v) is 3.26. The lowest BCUT2D eigenvalue weighted by molar-refractivity contribution is -0.149. The highest BCUT2D eigenvalue weighted by atomic mass is 16.5. The van der Waals surface area contributed by atoms with E-state index in [0.29, 0.717) is 18.4 Å². The molecule has 0 saturated carbocycles. The number of esters is 1. The van der Waals surface area contributed by atoms with Crippen molar-refractivity contribution in [3.8, 4) is 0 Å². The normalized spacial score (nSPS) is 22.1. The molecule has 1 aliphatic carbocycles. The number of rotatable bonds is 3. The van der Waals surface area contributed by atoms with E-state index >= 15 is 0 Å². The van der Waals surface area contributed by atoms with Gasteiger partial charge in [-0.3, -0.25) is 9.59 Å². The molecule has 1 aromatic rings. The molecule has 17 heavy (non-hydrogen) atoms. The molecule has 88 valence electrons. The van der Waals surface area contributed by atoms with Crippen molar-refractivity contribution in [2.45, 2.75) is 12.8 Å². The molecule has 0 unspecified atom stereocenters. The van der Waals surface area contributed by atoms with Crippen LogP contribution in [0.3, 0.4) is 0 Å². The average Bonchev–Trinajstić information content (AvgIpc) is 2.64. The number of hydrogen-bond donors (Lipinski definition) is 0. The molecule has 1 aliphatic rings. The largest absolute Gasteiger partial charge is 0.468 e. The predicted molar refractivity (Wildman–Crippen MR) is 63.7 cm³/mol. The number of ether oxygens (including phenoxy) is 1. The zero-order valence-corrected chi connectivity index (χ0v) is 9.73. The summed E-state index contributed by atoms with van der Waals surface area (Å²) < 4.78 is 4.78. The number of ketones is 1. The van der Waals surface area contributed by atoms with Gasteiger partial charge in [-0.1, -0.05) is 30.3 Å². The van der Waals surface area contributed by atoms with Crippen molar-refractivity contribution in [2.75, 3.05) is 7.11 Å². The highest BCUT2D eigenvalue weighted by molar-refractivity contribution is 6.16. The molecule has 2 rings (SSSR count). The van der Waals surface area contributed by atoms with Crippen LogP contribution in [0, 0.1) is 5.41 Å². The van der Waals surface area contributed by atoms with E-state index in [-0.39, 0.29) is 5.78 Å². The first-order valence-electron chi connectivity index (χ1n) is 5.48. The van der Waals surface area contributed by atoms with E-state index in [9.17, 15) is 9.59 Å². The number of fused-ring (bicyclic) bond motifs is 1. The van der Waals surface area contributed by atoms with Crippen LogP contribution in [0.25, 0.3) is 0 Å². The minimum atomic E-state index is -1.10. The van der Waals surface area contributed by atoms with Crippen LogP contribution in [0.1, 0.15) is 22.3 Å². The topological polar surface area (TPSA) is 43.4 Å². The maximum Gasteiger partial charge on any atom is 0.320 e. The molecule has 1 aromatic carbocycles. The van der Waals surface area contributed by atoms with Gasteiger partial charge in [0.15, 0.2) is 5.78 Å². The van der Waals surface area contributed by atoms with E-state index in [1.54, 1.807) is 18.2 Å². The van der Waals surface area contributed by atoms with Gasteiger partial charge < -0.3 is 4.74 Å². The van der Waals surface area contributed by atoms with Crippen LogP contribution in [0.15, 0.2) is 36.9 Å². The van der Waals surface area contributed by atoms with Crippen LogP contribution >= 0.6 is 0 Å². The molecule has 0 spiro atoms. The lowest BCUT2D eigenvalue weighted by atomic mass is 9.80. The molecule has 0 amide bonds. The highest BCUT2D eigenvalue weighted by Gasteiger charge is 2.51. The molecule has 0 bridgehead atoms. The fourth-order valence-corrected chi connectivity index (χ4v) is 2.41. The van der Waals surface area contributed by atoms with E-state index in [0.717, 1.165) is 5.56 Å². The average molecular weight is 230 g/mol. The fourth-order valence-electron chi connectivity index (χ4n) is 2.41. The molecule has 0 N–H and O–H groups in total. The minimum absolute atomic E-state index is 0.153. The lowest BCUT2D eigenvalue weighted by Gasteiger charge is -2.22. The fraction of sp³-hybridized carbons (Fsp3) is 0.286. The second-order valence-corrected chi connectivity index (χ2v) is 4.23. The molecule has 3 nitrogen and oxygen atoms in total. The van der Waals surface area contributed by atoms with Crippen molar-refractivity contribution in [1.29, 1.82) is 0 Å². The number of hydrogen-bond acceptors (Lipinski definition) is 3. The first-order chi connectivity index (χ1) is 8.15.